The molecule has 4 rings (SSSR count). The molecular weight excluding hydrogens is 506 g/mol. The van der Waals surface area contributed by atoms with Gasteiger partial charge in [-0.15, -0.1) is 0 Å². The molecule has 4 aromatic rings. The van der Waals surface area contributed by atoms with Crippen LogP contribution in [0.4, 0.5) is 20.4 Å². The van der Waals surface area contributed by atoms with Crippen LogP contribution in [0.1, 0.15) is 20.8 Å². The fourth-order valence-electron chi connectivity index (χ4n) is 3.41. The minimum Gasteiger partial charge on any atom is -0.395 e. The lowest BCUT2D eigenvalue weighted by molar-refractivity contribution is 0.0938. The largest absolute Gasteiger partial charge is 0.395 e. The lowest BCUT2D eigenvalue weighted by Crippen LogP contribution is -2.26. The van der Waals surface area contributed by atoms with Crippen molar-refractivity contribution < 1.29 is 23.5 Å². The molecule has 3 N–H and O–H groups in total. The number of halogens is 3. The zero-order valence-corrected chi connectivity index (χ0v) is 19.8. The SMILES string of the molecule is C=Nc1nc(-c2ccc(Cl)c(C(=O)Nc3cc(C(=O)NCCO)nn3-c3ccccc3)c2)c(F)cc1F. The smallest absolute Gasteiger partial charge is 0.271 e. The van der Waals surface area contributed by atoms with Crippen LogP contribution in [0.2, 0.25) is 5.02 Å². The van der Waals surface area contributed by atoms with Crippen molar-refractivity contribution in [1.29, 1.82) is 0 Å². The van der Waals surface area contributed by atoms with Crippen molar-refractivity contribution in [1.82, 2.24) is 20.1 Å². The Morgan fingerprint density at radius 2 is 1.81 bits per heavy atom. The average Bonchev–Trinajstić information content (AvgIpc) is 3.32. The van der Waals surface area contributed by atoms with E-state index >= 15 is 0 Å². The first kappa shape index (κ1) is 25.6. The van der Waals surface area contributed by atoms with Gasteiger partial charge in [-0.3, -0.25) is 9.59 Å². The van der Waals surface area contributed by atoms with Gasteiger partial charge in [0.05, 0.1) is 22.9 Å². The summed E-state index contributed by atoms with van der Waals surface area (Å²) in [7, 11) is 0. The predicted molar refractivity (Wildman–Crippen MR) is 135 cm³/mol. The Balaban J connectivity index is 1.71. The monoisotopic (exact) mass is 524 g/mol. The van der Waals surface area contributed by atoms with Gasteiger partial charge in [0.2, 0.25) is 0 Å². The summed E-state index contributed by atoms with van der Waals surface area (Å²) < 4.78 is 29.6. The number of aliphatic hydroxyl groups excluding tert-OH is 1. The van der Waals surface area contributed by atoms with Gasteiger partial charge in [-0.1, -0.05) is 35.9 Å². The highest BCUT2D eigenvalue weighted by Gasteiger charge is 2.21. The van der Waals surface area contributed by atoms with Gasteiger partial charge in [0, 0.05) is 24.2 Å². The van der Waals surface area contributed by atoms with Crippen LogP contribution in [0, 0.1) is 11.6 Å². The molecule has 2 heterocycles. The number of carbonyl (C=O) groups is 2. The Labute approximate surface area is 214 Å². The van der Waals surface area contributed by atoms with E-state index in [-0.39, 0.29) is 46.5 Å². The summed E-state index contributed by atoms with van der Waals surface area (Å²) in [5.74, 6) is -3.41. The maximum absolute atomic E-state index is 14.5. The Kier molecular flexibility index (Phi) is 7.66. The third-order valence-electron chi connectivity index (χ3n) is 5.13. The summed E-state index contributed by atoms with van der Waals surface area (Å²) in [5.41, 5.74) is 0.421. The number of benzene rings is 2. The lowest BCUT2D eigenvalue weighted by Gasteiger charge is -2.11. The number of aliphatic imine (C=N–C) groups is 1. The summed E-state index contributed by atoms with van der Waals surface area (Å²) in [4.78, 5) is 32.9. The molecule has 9 nitrogen and oxygen atoms in total. The van der Waals surface area contributed by atoms with Crippen LogP contribution in [0.15, 0.2) is 65.7 Å². The second kappa shape index (κ2) is 11.1. The fourth-order valence-corrected chi connectivity index (χ4v) is 3.61. The van der Waals surface area contributed by atoms with Gasteiger partial charge in [-0.05, 0) is 31.0 Å². The number of para-hydroxylation sites is 1. The first-order chi connectivity index (χ1) is 17.8. The van der Waals surface area contributed by atoms with E-state index in [0.29, 0.717) is 11.8 Å². The van der Waals surface area contributed by atoms with E-state index in [1.807, 2.05) is 0 Å². The maximum Gasteiger partial charge on any atom is 0.271 e. The van der Waals surface area contributed by atoms with Crippen LogP contribution in [-0.4, -0.2) is 51.6 Å². The van der Waals surface area contributed by atoms with Crippen LogP contribution < -0.4 is 10.6 Å². The van der Waals surface area contributed by atoms with Crippen molar-refractivity contribution in [3.8, 4) is 16.9 Å². The van der Waals surface area contributed by atoms with Gasteiger partial charge in [0.25, 0.3) is 11.8 Å². The third-order valence-corrected chi connectivity index (χ3v) is 5.46. The van der Waals surface area contributed by atoms with E-state index < -0.39 is 29.3 Å². The standard InChI is InChI=1S/C25H19ClF2N6O3/c1-29-23-19(28)12-18(27)22(32-23)14-7-8-17(26)16(11-14)24(36)31-21-13-20(25(37)30-9-10-35)33-34(21)15-5-3-2-4-6-15/h2-8,11-13,35H,1,9-10H2,(H,30,37)(H,31,36). The number of nitrogens with one attached hydrogen (secondary N) is 2. The molecule has 0 unspecified atom stereocenters. The molecule has 0 saturated heterocycles. The van der Waals surface area contributed by atoms with Crippen molar-refractivity contribution in [2.24, 2.45) is 4.99 Å². The summed E-state index contributed by atoms with van der Waals surface area (Å²) in [6, 6.07) is 14.8. The minimum absolute atomic E-state index is 0.00510. The van der Waals surface area contributed by atoms with Crippen LogP contribution in [0.5, 0.6) is 0 Å². The molecule has 0 spiro atoms. The number of hydrogen-bond donors (Lipinski definition) is 3. The highest BCUT2D eigenvalue weighted by Crippen LogP contribution is 2.29. The molecule has 2 aromatic carbocycles. The highest BCUT2D eigenvalue weighted by atomic mass is 35.5. The number of anilines is 1. The van der Waals surface area contributed by atoms with E-state index in [4.69, 9.17) is 16.7 Å². The van der Waals surface area contributed by atoms with Crippen LogP contribution in [0.25, 0.3) is 16.9 Å². The molecule has 0 aliphatic rings. The predicted octanol–water partition coefficient (Wildman–Crippen LogP) is 4.17. The Hall–Kier alpha value is -4.48. The minimum atomic E-state index is -0.976. The number of pyridine rings is 1. The van der Waals surface area contributed by atoms with Gasteiger partial charge in [-0.2, -0.15) is 5.10 Å². The van der Waals surface area contributed by atoms with E-state index in [9.17, 15) is 18.4 Å². The Morgan fingerprint density at radius 3 is 2.51 bits per heavy atom. The van der Waals surface area contributed by atoms with Gasteiger partial charge in [0.15, 0.2) is 23.1 Å². The molecule has 0 aliphatic carbocycles. The molecule has 0 fully saturated rings. The van der Waals surface area contributed by atoms with Crippen molar-refractivity contribution in [3.05, 3.63) is 88.6 Å². The molecule has 188 valence electrons. The lowest BCUT2D eigenvalue weighted by atomic mass is 10.1. The number of hydrogen-bond acceptors (Lipinski definition) is 6. The number of rotatable bonds is 8. The molecule has 0 radical (unpaired) electrons. The van der Waals surface area contributed by atoms with Gasteiger partial charge in [-0.25, -0.2) is 23.4 Å². The van der Waals surface area contributed by atoms with Crippen molar-refractivity contribution in [2.45, 2.75) is 0 Å². The highest BCUT2D eigenvalue weighted by molar-refractivity contribution is 6.34. The second-order valence-electron chi connectivity index (χ2n) is 7.57. The summed E-state index contributed by atoms with van der Waals surface area (Å²) in [6.07, 6.45) is 0. The van der Waals surface area contributed by atoms with Crippen LogP contribution in [-0.2, 0) is 0 Å². The van der Waals surface area contributed by atoms with E-state index in [2.05, 4.69) is 32.4 Å². The molecule has 12 heteroatoms. The number of aliphatic hydroxyl groups is 1. The molecular formula is C25H19ClF2N6O3. The molecule has 0 atom stereocenters. The number of carbonyl (C=O) groups excluding carboxylic acids is 2. The molecule has 37 heavy (non-hydrogen) atoms. The Bertz CT molecular complexity index is 1490. The summed E-state index contributed by atoms with van der Waals surface area (Å²) in [5, 5.41) is 18.5. The summed E-state index contributed by atoms with van der Waals surface area (Å²) >= 11 is 6.26. The number of nitrogens with zero attached hydrogens (tertiary/aromatic N) is 4. The zero-order chi connectivity index (χ0) is 26.5. The maximum atomic E-state index is 14.5. The quantitative estimate of drug-likeness (QED) is 0.299. The van der Waals surface area contributed by atoms with Crippen LogP contribution >= 0.6 is 11.6 Å². The topological polar surface area (TPSA) is 122 Å². The van der Waals surface area contributed by atoms with E-state index in [1.54, 1.807) is 30.3 Å². The average molecular weight is 525 g/mol. The Morgan fingerprint density at radius 1 is 1.05 bits per heavy atom. The molecule has 0 saturated carbocycles. The van der Waals surface area contributed by atoms with Gasteiger partial charge < -0.3 is 15.7 Å². The van der Waals surface area contributed by atoms with E-state index in [1.165, 1.54) is 28.9 Å². The van der Waals surface area contributed by atoms with Crippen molar-refractivity contribution in [2.75, 3.05) is 18.5 Å². The van der Waals surface area contributed by atoms with Gasteiger partial charge in [0.1, 0.15) is 11.5 Å². The van der Waals surface area contributed by atoms with E-state index in [0.717, 1.165) is 0 Å². The molecule has 2 amide bonds. The van der Waals surface area contributed by atoms with Crippen molar-refractivity contribution in [3.63, 3.8) is 0 Å². The second-order valence-corrected chi connectivity index (χ2v) is 7.98. The normalized spacial score (nSPS) is 10.7. The number of amides is 2. The van der Waals surface area contributed by atoms with Crippen molar-refractivity contribution >= 4 is 41.8 Å². The molecule has 0 aliphatic heterocycles. The van der Waals surface area contributed by atoms with Crippen LogP contribution in [0.3, 0.4) is 0 Å². The fraction of sp³-hybridized carbons (Fsp3) is 0.0800. The number of aromatic nitrogens is 3. The zero-order valence-electron chi connectivity index (χ0n) is 19.1. The first-order valence-corrected chi connectivity index (χ1v) is 11.2. The first-order valence-electron chi connectivity index (χ1n) is 10.8. The third kappa shape index (κ3) is 5.52. The molecule has 2 aromatic heterocycles. The van der Waals surface area contributed by atoms with Gasteiger partial charge >= 0.3 is 0 Å². The molecule has 0 bridgehead atoms. The summed E-state index contributed by atoms with van der Waals surface area (Å²) in [6.45, 7) is 2.99.